The molecule has 0 aliphatic rings. The lowest BCUT2D eigenvalue weighted by Crippen LogP contribution is -2.06. The first-order valence-corrected chi connectivity index (χ1v) is 20.2. The molecule has 0 N–H and O–H groups in total. The predicted octanol–water partition coefficient (Wildman–Crippen LogP) is 11.6. The summed E-state index contributed by atoms with van der Waals surface area (Å²) in [6.45, 7) is 0. The summed E-state index contributed by atoms with van der Waals surface area (Å²) in [6.07, 6.45) is 0. The third kappa shape index (κ3) is 7.16. The van der Waals surface area contributed by atoms with E-state index in [4.69, 9.17) is 0 Å². The van der Waals surface area contributed by atoms with Gasteiger partial charge in [-0.3, -0.25) is 0 Å². The zero-order valence-corrected chi connectivity index (χ0v) is 28.5. The van der Waals surface area contributed by atoms with Gasteiger partial charge in [0, 0.05) is 0 Å². The largest absolute Gasteiger partial charge is 0.174 e. The first-order valence-electron chi connectivity index (χ1n) is 15.2. The van der Waals surface area contributed by atoms with Crippen molar-refractivity contribution < 1.29 is 0 Å². The summed E-state index contributed by atoms with van der Waals surface area (Å²) in [5, 5.41) is 0. The molecular formula is C42H33S4+3. The maximum atomic E-state index is 2.35. The van der Waals surface area contributed by atoms with Crippen LogP contribution in [-0.4, -0.2) is 0 Å². The monoisotopic (exact) mass is 665 g/mol. The van der Waals surface area contributed by atoms with Crippen LogP contribution in [-0.2, 0) is 31.7 Å². The molecule has 0 bridgehead atoms. The second-order valence-electron chi connectivity index (χ2n) is 10.5. The van der Waals surface area contributed by atoms with Gasteiger partial charge in [-0.2, -0.15) is 0 Å². The topological polar surface area (TPSA) is 0 Å². The molecule has 0 aromatic heterocycles. The van der Waals surface area contributed by atoms with Crippen LogP contribution in [0.3, 0.4) is 0 Å². The lowest BCUT2D eigenvalue weighted by molar-refractivity contribution is 1.27. The molecule has 7 aromatic carbocycles. The van der Waals surface area contributed by atoms with E-state index in [2.05, 4.69) is 200 Å². The highest BCUT2D eigenvalue weighted by atomic mass is 33.1. The Morgan fingerprint density at radius 2 is 0.478 bits per heavy atom. The molecule has 46 heavy (non-hydrogen) atoms. The summed E-state index contributed by atoms with van der Waals surface area (Å²) in [7, 11) is 1.41. The summed E-state index contributed by atoms with van der Waals surface area (Å²) in [5.74, 6) is 0. The van der Waals surface area contributed by atoms with Gasteiger partial charge in [0.1, 0.15) is 20.7 Å². The standard InChI is InChI=1S/C42H33S4/c1-6-16-34(17-7-1)43-46(41-30-26-39(27-31-41)44(35-18-8-2-9-19-35)36-20-10-3-11-21-36)42-32-28-40(29-33-42)45(37-22-12-4-13-23-37)38-24-14-5-15-25-38/h1-33H/q+3. The van der Waals surface area contributed by atoms with E-state index in [0.29, 0.717) is 0 Å². The lowest BCUT2D eigenvalue weighted by Gasteiger charge is -2.10. The van der Waals surface area contributed by atoms with Gasteiger partial charge in [-0.1, -0.05) is 91.0 Å². The highest BCUT2D eigenvalue weighted by Gasteiger charge is 2.34. The first-order chi connectivity index (χ1) is 22.8. The third-order valence-electron chi connectivity index (χ3n) is 7.39. The van der Waals surface area contributed by atoms with Crippen molar-refractivity contribution in [2.45, 2.75) is 44.1 Å². The first kappa shape index (κ1) is 30.6. The van der Waals surface area contributed by atoms with Crippen molar-refractivity contribution >= 4 is 42.5 Å². The molecule has 0 radical (unpaired) electrons. The van der Waals surface area contributed by atoms with Crippen LogP contribution < -0.4 is 0 Å². The molecule has 222 valence electrons. The molecule has 0 unspecified atom stereocenters. The number of benzene rings is 7. The molecule has 0 heterocycles. The average molecular weight is 666 g/mol. The number of hydrogen-bond acceptors (Lipinski definition) is 1. The minimum Gasteiger partial charge on any atom is -0.0622 e. The number of rotatable bonds is 10. The highest BCUT2D eigenvalue weighted by Crippen LogP contribution is 2.41. The van der Waals surface area contributed by atoms with Gasteiger partial charge in [-0.15, -0.1) is 0 Å². The van der Waals surface area contributed by atoms with Crippen LogP contribution in [0, 0.1) is 0 Å². The van der Waals surface area contributed by atoms with Crippen LogP contribution in [0.25, 0.3) is 0 Å². The fourth-order valence-corrected chi connectivity index (χ4v) is 13.3. The van der Waals surface area contributed by atoms with Crippen LogP contribution in [0.4, 0.5) is 0 Å². The molecule has 0 spiro atoms. The quantitative estimate of drug-likeness (QED) is 0.103. The molecule has 4 heteroatoms. The van der Waals surface area contributed by atoms with Crippen molar-refractivity contribution in [3.8, 4) is 0 Å². The molecule has 7 rings (SSSR count). The van der Waals surface area contributed by atoms with Crippen molar-refractivity contribution in [2.24, 2.45) is 0 Å². The van der Waals surface area contributed by atoms with Crippen molar-refractivity contribution in [1.82, 2.24) is 0 Å². The Morgan fingerprint density at radius 3 is 0.783 bits per heavy atom. The Balaban J connectivity index is 1.25. The second kappa shape index (κ2) is 15.0. The fraction of sp³-hybridized carbons (Fsp3) is 0. The van der Waals surface area contributed by atoms with Gasteiger partial charge in [0.05, 0.1) is 26.7 Å². The molecule has 0 saturated carbocycles. The van der Waals surface area contributed by atoms with Gasteiger partial charge in [0.2, 0.25) is 0 Å². The normalized spacial score (nSPS) is 11.3. The van der Waals surface area contributed by atoms with Gasteiger partial charge in [-0.25, -0.2) is 0 Å². The molecule has 7 aromatic rings. The van der Waals surface area contributed by atoms with Crippen LogP contribution in [0.1, 0.15) is 0 Å². The van der Waals surface area contributed by atoms with E-state index in [1.54, 1.807) is 0 Å². The van der Waals surface area contributed by atoms with Crippen molar-refractivity contribution in [1.29, 1.82) is 0 Å². The summed E-state index contributed by atoms with van der Waals surface area (Å²) in [4.78, 5) is 12.0. The van der Waals surface area contributed by atoms with Crippen LogP contribution in [0.2, 0.25) is 0 Å². The maximum absolute atomic E-state index is 2.35. The Morgan fingerprint density at radius 1 is 0.239 bits per heavy atom. The zero-order valence-electron chi connectivity index (χ0n) is 25.2. The Bertz CT molecular complexity index is 1730. The molecular weight excluding hydrogens is 633 g/mol. The van der Waals surface area contributed by atoms with E-state index >= 15 is 0 Å². The van der Waals surface area contributed by atoms with Gasteiger partial charge in [0.25, 0.3) is 0 Å². The molecule has 0 saturated heterocycles. The lowest BCUT2D eigenvalue weighted by atomic mass is 10.3. The highest BCUT2D eigenvalue weighted by molar-refractivity contribution is 8.74. The van der Waals surface area contributed by atoms with Crippen LogP contribution in [0.15, 0.2) is 244 Å². The molecule has 0 aliphatic carbocycles. The average Bonchev–Trinajstić information content (AvgIpc) is 3.14. The van der Waals surface area contributed by atoms with E-state index in [1.165, 1.54) is 44.1 Å². The van der Waals surface area contributed by atoms with Gasteiger partial charge >= 0.3 is 0 Å². The summed E-state index contributed by atoms with van der Waals surface area (Å²) >= 11 is 0. The molecule has 0 aliphatic heterocycles. The van der Waals surface area contributed by atoms with Gasteiger partial charge in [-0.05, 0) is 109 Å². The van der Waals surface area contributed by atoms with Gasteiger partial charge < -0.3 is 0 Å². The van der Waals surface area contributed by atoms with Crippen molar-refractivity contribution in [3.63, 3.8) is 0 Å². The smallest absolute Gasteiger partial charge is 0.0622 e. The fourth-order valence-electron chi connectivity index (χ4n) is 5.25. The van der Waals surface area contributed by atoms with E-state index in [9.17, 15) is 0 Å². The SMILES string of the molecule is c1ccc(S[S+](c2ccc([S+](c3ccccc3)c3ccccc3)cc2)c2ccc([S+](c3ccccc3)c3ccccc3)cc2)cc1. The number of hydrogen-bond donors (Lipinski definition) is 0. The summed E-state index contributed by atoms with van der Waals surface area (Å²) in [6, 6.07) is 73.1. The van der Waals surface area contributed by atoms with E-state index < -0.39 is 0 Å². The molecule has 0 nitrogen and oxygen atoms in total. The molecule has 0 atom stereocenters. The third-order valence-corrected chi connectivity index (χ3v) is 16.1. The van der Waals surface area contributed by atoms with Gasteiger partial charge in [0.15, 0.2) is 39.2 Å². The van der Waals surface area contributed by atoms with Crippen LogP contribution in [0.5, 0.6) is 0 Å². The van der Waals surface area contributed by atoms with E-state index in [1.807, 2.05) is 10.8 Å². The minimum atomic E-state index is -0.200. The Hall–Kier alpha value is -4.06. The van der Waals surface area contributed by atoms with Crippen molar-refractivity contribution in [3.05, 3.63) is 200 Å². The zero-order chi connectivity index (χ0) is 31.0. The van der Waals surface area contributed by atoms with E-state index in [-0.39, 0.29) is 31.7 Å². The molecule has 0 fully saturated rings. The molecule has 0 amide bonds. The second-order valence-corrected chi connectivity index (χ2v) is 18.1. The maximum Gasteiger partial charge on any atom is 0.174 e. The summed E-state index contributed by atoms with van der Waals surface area (Å²) < 4.78 is 0. The minimum absolute atomic E-state index is 0.166. The Labute approximate surface area is 285 Å². The van der Waals surface area contributed by atoms with Crippen molar-refractivity contribution in [2.75, 3.05) is 0 Å². The summed E-state index contributed by atoms with van der Waals surface area (Å²) in [5.41, 5.74) is 0. The predicted molar refractivity (Wildman–Crippen MR) is 199 cm³/mol. The Kier molecular flexibility index (Phi) is 9.99. The van der Waals surface area contributed by atoms with E-state index in [0.717, 1.165) is 0 Å². The van der Waals surface area contributed by atoms with Crippen LogP contribution >= 0.6 is 10.8 Å².